The van der Waals surface area contributed by atoms with Gasteiger partial charge >= 0.3 is 5.97 Å². The smallest absolute Gasteiger partial charge is 0.311 e. The average Bonchev–Trinajstić information content (AvgIpc) is 2.50. The Bertz CT molecular complexity index is 454. The van der Waals surface area contributed by atoms with Gasteiger partial charge in [-0.1, -0.05) is 51.2 Å². The highest BCUT2D eigenvalue weighted by atomic mass is 16.5. The third-order valence-corrected chi connectivity index (χ3v) is 3.29. The van der Waals surface area contributed by atoms with E-state index in [9.17, 15) is 9.59 Å². The van der Waals surface area contributed by atoms with Crippen molar-refractivity contribution in [2.45, 2.75) is 51.9 Å². The van der Waals surface area contributed by atoms with E-state index in [0.29, 0.717) is 6.42 Å². The van der Waals surface area contributed by atoms with Crippen LogP contribution in [-0.4, -0.2) is 23.5 Å². The monoisotopic (exact) mass is 292 g/mol. The molecular weight excluding hydrogens is 268 g/mol. The van der Waals surface area contributed by atoms with Crippen molar-refractivity contribution in [2.24, 2.45) is 0 Å². The molecule has 0 fully saturated rings. The Kier molecular flexibility index (Phi) is 8.36. The van der Waals surface area contributed by atoms with Crippen LogP contribution < -0.4 is 4.74 Å². The van der Waals surface area contributed by atoms with Gasteiger partial charge in [0.25, 0.3) is 0 Å². The van der Waals surface area contributed by atoms with Gasteiger partial charge in [0.1, 0.15) is 12.4 Å². The molecule has 0 aliphatic rings. The van der Waals surface area contributed by atoms with Crippen molar-refractivity contribution in [3.8, 4) is 5.75 Å². The van der Waals surface area contributed by atoms with Gasteiger partial charge in [0.15, 0.2) is 5.78 Å². The third-order valence-electron chi connectivity index (χ3n) is 3.29. The summed E-state index contributed by atoms with van der Waals surface area (Å²) < 4.78 is 5.23. The topological polar surface area (TPSA) is 63.6 Å². The first-order valence-electron chi connectivity index (χ1n) is 7.62. The standard InChI is InChI=1S/C17H24O4/c1-2-3-4-5-6-7-12-17(20)21-16-11-9-8-10-14(16)15(19)13-18/h8-11,18H,2-7,12-13H2,1H3. The van der Waals surface area contributed by atoms with Crippen LogP contribution in [0.4, 0.5) is 0 Å². The Morgan fingerprint density at radius 2 is 1.71 bits per heavy atom. The van der Waals surface area contributed by atoms with E-state index < -0.39 is 12.4 Å². The summed E-state index contributed by atoms with van der Waals surface area (Å²) in [6, 6.07) is 6.49. The number of para-hydroxylation sites is 1. The van der Waals surface area contributed by atoms with E-state index in [0.717, 1.165) is 19.3 Å². The van der Waals surface area contributed by atoms with Gasteiger partial charge in [0, 0.05) is 6.42 Å². The molecule has 0 radical (unpaired) electrons. The normalized spacial score (nSPS) is 10.4. The molecule has 0 saturated heterocycles. The number of carbonyl (C=O) groups excluding carboxylic acids is 2. The van der Waals surface area contributed by atoms with Crippen LogP contribution >= 0.6 is 0 Å². The molecule has 0 saturated carbocycles. The number of esters is 1. The number of Topliss-reactive ketones (excluding diaryl/α,β-unsaturated/α-hetero) is 1. The fraction of sp³-hybridized carbons (Fsp3) is 0.529. The van der Waals surface area contributed by atoms with Crippen LogP contribution in [0.1, 0.15) is 62.2 Å². The Labute approximate surface area is 126 Å². The summed E-state index contributed by atoms with van der Waals surface area (Å²) in [5.41, 5.74) is 0.247. The number of rotatable bonds is 10. The number of hydrogen-bond acceptors (Lipinski definition) is 4. The van der Waals surface area contributed by atoms with E-state index in [1.807, 2.05) is 0 Å². The second-order valence-corrected chi connectivity index (χ2v) is 5.07. The van der Waals surface area contributed by atoms with E-state index in [2.05, 4.69) is 6.92 Å². The quantitative estimate of drug-likeness (QED) is 0.310. The van der Waals surface area contributed by atoms with Crippen LogP contribution in [0.3, 0.4) is 0 Å². The summed E-state index contributed by atoms with van der Waals surface area (Å²) in [6.07, 6.45) is 6.97. The Hall–Kier alpha value is -1.68. The summed E-state index contributed by atoms with van der Waals surface area (Å²) >= 11 is 0. The lowest BCUT2D eigenvalue weighted by Crippen LogP contribution is -2.12. The molecule has 1 aromatic rings. The van der Waals surface area contributed by atoms with Gasteiger partial charge in [-0.05, 0) is 18.6 Å². The lowest BCUT2D eigenvalue weighted by molar-refractivity contribution is -0.134. The predicted molar refractivity (Wildman–Crippen MR) is 81.5 cm³/mol. The van der Waals surface area contributed by atoms with E-state index in [1.54, 1.807) is 24.3 Å². The Balaban J connectivity index is 2.39. The number of carbonyl (C=O) groups is 2. The van der Waals surface area contributed by atoms with Gasteiger partial charge in [-0.3, -0.25) is 9.59 Å². The first kappa shape index (κ1) is 17.4. The number of aliphatic hydroxyl groups is 1. The fourth-order valence-electron chi connectivity index (χ4n) is 2.09. The van der Waals surface area contributed by atoms with Crippen LogP contribution in [0.2, 0.25) is 0 Å². The maximum absolute atomic E-state index is 11.8. The van der Waals surface area contributed by atoms with Crippen molar-refractivity contribution >= 4 is 11.8 Å². The zero-order valence-electron chi connectivity index (χ0n) is 12.6. The summed E-state index contributed by atoms with van der Waals surface area (Å²) in [6.45, 7) is 1.58. The van der Waals surface area contributed by atoms with Gasteiger partial charge in [-0.15, -0.1) is 0 Å². The molecule has 0 heterocycles. The van der Waals surface area contributed by atoms with E-state index in [-0.39, 0.29) is 17.3 Å². The van der Waals surface area contributed by atoms with E-state index in [4.69, 9.17) is 9.84 Å². The molecule has 1 aromatic carbocycles. The van der Waals surface area contributed by atoms with Crippen LogP contribution in [0.5, 0.6) is 5.75 Å². The van der Waals surface area contributed by atoms with Crippen LogP contribution in [0.15, 0.2) is 24.3 Å². The van der Waals surface area contributed by atoms with Crippen LogP contribution in [0.25, 0.3) is 0 Å². The van der Waals surface area contributed by atoms with Crippen molar-refractivity contribution in [2.75, 3.05) is 6.61 Å². The van der Waals surface area contributed by atoms with Gasteiger partial charge in [-0.25, -0.2) is 0 Å². The minimum Gasteiger partial charge on any atom is -0.426 e. The minimum absolute atomic E-state index is 0.229. The first-order valence-corrected chi connectivity index (χ1v) is 7.62. The van der Waals surface area contributed by atoms with Gasteiger partial charge in [0.2, 0.25) is 0 Å². The van der Waals surface area contributed by atoms with Crippen molar-refractivity contribution < 1.29 is 19.4 Å². The van der Waals surface area contributed by atoms with E-state index >= 15 is 0 Å². The molecule has 116 valence electrons. The van der Waals surface area contributed by atoms with Crippen molar-refractivity contribution in [3.63, 3.8) is 0 Å². The highest BCUT2D eigenvalue weighted by Crippen LogP contribution is 2.19. The number of aliphatic hydroxyl groups excluding tert-OH is 1. The molecule has 0 atom stereocenters. The molecular formula is C17H24O4. The van der Waals surface area contributed by atoms with Crippen LogP contribution in [0, 0.1) is 0 Å². The van der Waals surface area contributed by atoms with Gasteiger partial charge in [-0.2, -0.15) is 0 Å². The Morgan fingerprint density at radius 3 is 2.43 bits per heavy atom. The zero-order valence-corrected chi connectivity index (χ0v) is 12.6. The summed E-state index contributed by atoms with van der Waals surface area (Å²) in [5.74, 6) is -0.547. The molecule has 1 rings (SSSR count). The molecule has 0 bridgehead atoms. The third kappa shape index (κ3) is 6.54. The largest absolute Gasteiger partial charge is 0.426 e. The molecule has 0 aromatic heterocycles. The molecule has 1 N–H and O–H groups in total. The summed E-state index contributed by atoms with van der Waals surface area (Å²) in [5, 5.41) is 8.90. The molecule has 0 aliphatic carbocycles. The molecule has 4 nitrogen and oxygen atoms in total. The van der Waals surface area contributed by atoms with Crippen molar-refractivity contribution in [1.29, 1.82) is 0 Å². The highest BCUT2D eigenvalue weighted by Gasteiger charge is 2.13. The number of hydrogen-bond donors (Lipinski definition) is 1. The van der Waals surface area contributed by atoms with E-state index in [1.165, 1.54) is 19.3 Å². The molecule has 0 unspecified atom stereocenters. The molecule has 0 aliphatic heterocycles. The highest BCUT2D eigenvalue weighted by molar-refractivity contribution is 6.00. The van der Waals surface area contributed by atoms with Gasteiger partial charge < -0.3 is 9.84 Å². The minimum atomic E-state index is -0.591. The zero-order chi connectivity index (χ0) is 15.5. The lowest BCUT2D eigenvalue weighted by Gasteiger charge is -2.08. The number of ether oxygens (including phenoxy) is 1. The van der Waals surface area contributed by atoms with Gasteiger partial charge in [0.05, 0.1) is 5.56 Å². The lowest BCUT2D eigenvalue weighted by atomic mass is 10.1. The summed E-state index contributed by atoms with van der Waals surface area (Å²) in [4.78, 5) is 23.3. The fourth-order valence-corrected chi connectivity index (χ4v) is 2.09. The number of ketones is 1. The van der Waals surface area contributed by atoms with Crippen molar-refractivity contribution in [3.05, 3.63) is 29.8 Å². The second-order valence-electron chi connectivity index (χ2n) is 5.07. The number of unbranched alkanes of at least 4 members (excludes halogenated alkanes) is 5. The maximum Gasteiger partial charge on any atom is 0.311 e. The summed E-state index contributed by atoms with van der Waals surface area (Å²) in [7, 11) is 0. The van der Waals surface area contributed by atoms with Crippen LogP contribution in [-0.2, 0) is 4.79 Å². The Morgan fingerprint density at radius 1 is 1.05 bits per heavy atom. The molecule has 0 amide bonds. The number of benzene rings is 1. The molecule has 21 heavy (non-hydrogen) atoms. The maximum atomic E-state index is 11.8. The molecule has 4 heteroatoms. The average molecular weight is 292 g/mol. The predicted octanol–water partition coefficient (Wildman–Crippen LogP) is 3.52. The molecule has 0 spiro atoms. The second kappa shape index (κ2) is 10.1. The SMILES string of the molecule is CCCCCCCCC(=O)Oc1ccccc1C(=O)CO. The van der Waals surface area contributed by atoms with Crippen molar-refractivity contribution in [1.82, 2.24) is 0 Å². The first-order chi connectivity index (χ1) is 10.2.